The van der Waals surface area contributed by atoms with Gasteiger partial charge in [-0.2, -0.15) is 0 Å². The van der Waals surface area contributed by atoms with Crippen molar-refractivity contribution in [2.75, 3.05) is 21.3 Å². The highest BCUT2D eigenvalue weighted by molar-refractivity contribution is 9.10. The molecule has 8 nitrogen and oxygen atoms in total. The van der Waals surface area contributed by atoms with Crippen molar-refractivity contribution in [1.82, 2.24) is 0 Å². The van der Waals surface area contributed by atoms with Gasteiger partial charge >= 0.3 is 20.4 Å². The van der Waals surface area contributed by atoms with Crippen LogP contribution in [0.15, 0.2) is 31.9 Å². The van der Waals surface area contributed by atoms with Crippen LogP contribution in [0.2, 0.25) is 6.04 Å². The molecule has 0 bridgehead atoms. The number of phenols is 1. The first-order valence-corrected chi connectivity index (χ1v) is 11.3. The summed E-state index contributed by atoms with van der Waals surface area (Å²) in [5, 5.41) is 10.3. The third-order valence-electron chi connectivity index (χ3n) is 4.33. The fourth-order valence-corrected chi connectivity index (χ4v) is 4.89. The number of rotatable bonds is 10. The summed E-state index contributed by atoms with van der Waals surface area (Å²) in [6.07, 6.45) is 1.52. The van der Waals surface area contributed by atoms with Crippen LogP contribution in [0.3, 0.4) is 0 Å². The minimum absolute atomic E-state index is 0.0485. The zero-order valence-corrected chi connectivity index (χ0v) is 18.5. The van der Waals surface area contributed by atoms with Gasteiger partial charge in [-0.05, 0) is 34.8 Å². The van der Waals surface area contributed by atoms with Crippen LogP contribution in [0.5, 0.6) is 5.75 Å². The van der Waals surface area contributed by atoms with Crippen LogP contribution in [-0.2, 0) is 29.4 Å². The lowest BCUT2D eigenvalue weighted by Gasteiger charge is -2.24. The minimum Gasteiger partial charge on any atom is -0.507 e. The van der Waals surface area contributed by atoms with Gasteiger partial charge in [0.1, 0.15) is 17.9 Å². The van der Waals surface area contributed by atoms with Crippen molar-refractivity contribution in [1.29, 1.82) is 0 Å². The van der Waals surface area contributed by atoms with Crippen molar-refractivity contribution in [2.24, 2.45) is 0 Å². The fraction of sp³-hybridized carbons (Fsp3) is 0.444. The fourth-order valence-electron chi connectivity index (χ4n) is 2.75. The topological polar surface area (TPSA) is 104 Å². The molecule has 2 rings (SSSR count). The van der Waals surface area contributed by atoms with Gasteiger partial charge in [0.25, 0.3) is 0 Å². The second-order valence-electron chi connectivity index (χ2n) is 6.05. The highest BCUT2D eigenvalue weighted by Crippen LogP contribution is 2.30. The summed E-state index contributed by atoms with van der Waals surface area (Å²) in [4.78, 5) is 23.7. The Hall–Kier alpha value is -1.72. The normalized spacial score (nSPS) is 11.7. The maximum Gasteiger partial charge on any atom is 0.500 e. The predicted molar refractivity (Wildman–Crippen MR) is 107 cm³/mol. The van der Waals surface area contributed by atoms with E-state index in [1.807, 2.05) is 0 Å². The molecule has 0 amide bonds. The summed E-state index contributed by atoms with van der Waals surface area (Å²) in [6, 6.07) is 4.82. The molecule has 10 heteroatoms. The molecule has 0 aliphatic carbocycles. The molecule has 2 aromatic rings. The lowest BCUT2D eigenvalue weighted by molar-refractivity contribution is -0.145. The van der Waals surface area contributed by atoms with E-state index in [-0.39, 0.29) is 30.3 Å². The lowest BCUT2D eigenvalue weighted by atomic mass is 10.1. The highest BCUT2D eigenvalue weighted by Gasteiger charge is 2.36. The van der Waals surface area contributed by atoms with Crippen molar-refractivity contribution in [3.05, 3.63) is 38.7 Å². The van der Waals surface area contributed by atoms with Crippen LogP contribution in [0, 0.1) is 0 Å². The van der Waals surface area contributed by atoms with Crippen LogP contribution in [0.25, 0.3) is 11.0 Å². The molecule has 1 N–H and O–H groups in total. The Bertz CT molecular complexity index is 869. The molecule has 0 spiro atoms. The largest absolute Gasteiger partial charge is 0.507 e. The van der Waals surface area contributed by atoms with Crippen molar-refractivity contribution in [3.63, 3.8) is 0 Å². The number of esters is 1. The van der Waals surface area contributed by atoms with Gasteiger partial charge in [0, 0.05) is 56.9 Å². The van der Waals surface area contributed by atoms with E-state index in [1.54, 1.807) is 27.4 Å². The van der Waals surface area contributed by atoms with Gasteiger partial charge in [0.15, 0.2) is 0 Å². The molecule has 0 saturated carbocycles. The summed E-state index contributed by atoms with van der Waals surface area (Å²) in [5.41, 5.74) is 0.143. The number of unbranched alkanes of at least 4 members (excludes halogenated alkanes) is 1. The molecule has 0 aliphatic heterocycles. The Labute approximate surface area is 171 Å². The van der Waals surface area contributed by atoms with Crippen LogP contribution in [0.1, 0.15) is 24.8 Å². The Morgan fingerprint density at radius 1 is 1.14 bits per heavy atom. The van der Waals surface area contributed by atoms with Crippen LogP contribution >= 0.6 is 15.9 Å². The first-order valence-electron chi connectivity index (χ1n) is 8.60. The van der Waals surface area contributed by atoms with E-state index >= 15 is 0 Å². The number of ether oxygens (including phenoxy) is 1. The number of hydrogen-bond acceptors (Lipinski definition) is 8. The SMILES string of the molecule is CO[Si](CCCCC(=O)OCc1cc(=O)oc2cc(O)c(Br)cc12)(OC)OC. The summed E-state index contributed by atoms with van der Waals surface area (Å²) >= 11 is 3.22. The quantitative estimate of drug-likeness (QED) is 0.242. The Kier molecular flexibility index (Phi) is 8.19. The summed E-state index contributed by atoms with van der Waals surface area (Å²) in [7, 11) is 2.01. The molecule has 1 aromatic heterocycles. The van der Waals surface area contributed by atoms with Gasteiger partial charge in [-0.15, -0.1) is 0 Å². The molecule has 0 aliphatic rings. The molecule has 28 heavy (non-hydrogen) atoms. The molecular formula is C18H23BrO8Si. The number of phenolic OH excluding ortho intramolecular Hbond substituents is 1. The summed E-state index contributed by atoms with van der Waals surface area (Å²) in [6.45, 7) is -0.0644. The number of fused-ring (bicyclic) bond motifs is 1. The second-order valence-corrected chi connectivity index (χ2v) is 10.00. The Morgan fingerprint density at radius 2 is 1.82 bits per heavy atom. The van der Waals surface area contributed by atoms with E-state index in [4.69, 9.17) is 22.4 Å². The van der Waals surface area contributed by atoms with E-state index in [0.29, 0.717) is 34.3 Å². The number of aromatic hydroxyl groups is 1. The first kappa shape index (κ1) is 22.6. The molecule has 0 radical (unpaired) electrons. The maximum absolute atomic E-state index is 12.0. The van der Waals surface area contributed by atoms with Gasteiger partial charge in [-0.3, -0.25) is 4.79 Å². The van der Waals surface area contributed by atoms with Crippen LogP contribution < -0.4 is 5.63 Å². The molecule has 1 aromatic carbocycles. The average Bonchev–Trinajstić information content (AvgIpc) is 2.68. The van der Waals surface area contributed by atoms with Gasteiger partial charge in [-0.25, -0.2) is 4.79 Å². The number of hydrogen-bond donors (Lipinski definition) is 1. The maximum atomic E-state index is 12.0. The molecule has 0 unspecified atom stereocenters. The zero-order chi connectivity index (χ0) is 20.7. The third-order valence-corrected chi connectivity index (χ3v) is 7.80. The van der Waals surface area contributed by atoms with E-state index in [9.17, 15) is 14.7 Å². The Balaban J connectivity index is 1.93. The van der Waals surface area contributed by atoms with E-state index < -0.39 is 14.4 Å². The van der Waals surface area contributed by atoms with Gasteiger partial charge < -0.3 is 27.5 Å². The zero-order valence-electron chi connectivity index (χ0n) is 16.0. The number of benzene rings is 1. The molecule has 0 saturated heterocycles. The summed E-state index contributed by atoms with van der Waals surface area (Å²) in [5.74, 6) is -0.425. The minimum atomic E-state index is -2.63. The van der Waals surface area contributed by atoms with E-state index in [1.165, 1.54) is 12.1 Å². The number of halogens is 1. The summed E-state index contributed by atoms with van der Waals surface area (Å²) < 4.78 is 26.8. The van der Waals surface area contributed by atoms with Crippen molar-refractivity contribution >= 4 is 41.7 Å². The molecule has 0 fully saturated rings. The smallest absolute Gasteiger partial charge is 0.500 e. The monoisotopic (exact) mass is 474 g/mol. The van der Waals surface area contributed by atoms with Crippen molar-refractivity contribution in [2.45, 2.75) is 31.9 Å². The lowest BCUT2D eigenvalue weighted by Crippen LogP contribution is -2.42. The first-order chi connectivity index (χ1) is 13.3. The Morgan fingerprint density at radius 3 is 2.46 bits per heavy atom. The number of carbonyl (C=O) groups excluding carboxylic acids is 1. The molecule has 154 valence electrons. The average molecular weight is 475 g/mol. The van der Waals surface area contributed by atoms with E-state index in [2.05, 4.69) is 15.9 Å². The van der Waals surface area contributed by atoms with Crippen molar-refractivity contribution < 1.29 is 32.3 Å². The van der Waals surface area contributed by atoms with Gasteiger partial charge in [0.05, 0.1) is 4.47 Å². The third kappa shape index (κ3) is 5.64. The highest BCUT2D eigenvalue weighted by atomic mass is 79.9. The molecule has 0 atom stereocenters. The predicted octanol–water partition coefficient (Wildman–Crippen LogP) is 3.35. The van der Waals surface area contributed by atoms with Crippen molar-refractivity contribution in [3.8, 4) is 5.75 Å². The van der Waals surface area contributed by atoms with Gasteiger partial charge in [-0.1, -0.05) is 0 Å². The van der Waals surface area contributed by atoms with Crippen LogP contribution in [0.4, 0.5) is 0 Å². The van der Waals surface area contributed by atoms with E-state index in [0.717, 1.165) is 0 Å². The second kappa shape index (κ2) is 10.2. The molecule has 1 heterocycles. The van der Waals surface area contributed by atoms with Crippen LogP contribution in [-0.4, -0.2) is 41.2 Å². The number of carbonyl (C=O) groups is 1. The standard InChI is InChI=1S/C18H23BrO8Si/c1-23-28(24-2,25-3)7-5-4-6-17(21)26-11-12-8-18(22)27-16-10-15(20)14(19)9-13(12)16/h8-10,20H,4-7,11H2,1-3H3. The van der Waals surface area contributed by atoms with Gasteiger partial charge in [0.2, 0.25) is 0 Å². The molecular weight excluding hydrogens is 452 g/mol.